The predicted octanol–water partition coefficient (Wildman–Crippen LogP) is 3.11. The highest BCUT2D eigenvalue weighted by Gasteiger charge is 2.31. The van der Waals surface area contributed by atoms with Crippen LogP contribution in [-0.4, -0.2) is 43.0 Å². The van der Waals surface area contributed by atoms with Crippen LogP contribution in [0, 0.1) is 13.8 Å². The lowest BCUT2D eigenvalue weighted by Crippen LogP contribution is -2.33. The van der Waals surface area contributed by atoms with Crippen molar-refractivity contribution in [2.75, 3.05) is 28.8 Å². The third-order valence-corrected chi connectivity index (χ3v) is 6.38. The Hall–Kier alpha value is -1.86. The number of sulfone groups is 1. The van der Waals surface area contributed by atoms with E-state index >= 15 is 0 Å². The van der Waals surface area contributed by atoms with Crippen molar-refractivity contribution in [1.82, 2.24) is 9.97 Å². The maximum atomic E-state index is 11.7. The van der Waals surface area contributed by atoms with Crippen molar-refractivity contribution in [3.63, 3.8) is 0 Å². The third kappa shape index (κ3) is 4.22. The number of nitrogens with zero attached hydrogens (tertiary/aromatic N) is 3. The molecule has 1 saturated heterocycles. The number of anilines is 3. The maximum Gasteiger partial charge on any atom is 0.152 e. The molecule has 8 heteroatoms. The number of hydrogen-bond donors (Lipinski definition) is 1. The van der Waals surface area contributed by atoms with Crippen molar-refractivity contribution in [2.45, 2.75) is 26.3 Å². The van der Waals surface area contributed by atoms with Crippen LogP contribution >= 0.6 is 11.6 Å². The zero-order valence-electron chi connectivity index (χ0n) is 14.5. The summed E-state index contributed by atoms with van der Waals surface area (Å²) in [7, 11) is -1.06. The number of aryl methyl sites for hydroxylation is 2. The smallest absolute Gasteiger partial charge is 0.152 e. The Balaban J connectivity index is 1.85. The van der Waals surface area contributed by atoms with Crippen molar-refractivity contribution < 1.29 is 8.42 Å². The van der Waals surface area contributed by atoms with Gasteiger partial charge in [-0.3, -0.25) is 0 Å². The molecule has 1 unspecified atom stereocenters. The third-order valence-electron chi connectivity index (χ3n) is 4.39. The fourth-order valence-electron chi connectivity index (χ4n) is 2.97. The zero-order chi connectivity index (χ0) is 18.2. The molecule has 0 bridgehead atoms. The van der Waals surface area contributed by atoms with Gasteiger partial charge in [0.2, 0.25) is 0 Å². The van der Waals surface area contributed by atoms with E-state index in [-0.39, 0.29) is 17.5 Å². The Bertz CT molecular complexity index is 902. The van der Waals surface area contributed by atoms with Crippen molar-refractivity contribution in [3.05, 3.63) is 40.7 Å². The molecule has 0 saturated carbocycles. The highest BCUT2D eigenvalue weighted by molar-refractivity contribution is 7.91. The van der Waals surface area contributed by atoms with Gasteiger partial charge in [-0.25, -0.2) is 18.4 Å². The second kappa shape index (κ2) is 6.80. The monoisotopic (exact) mass is 380 g/mol. The highest BCUT2D eigenvalue weighted by Crippen LogP contribution is 2.26. The van der Waals surface area contributed by atoms with Crippen LogP contribution in [0.5, 0.6) is 0 Å². The molecule has 1 aromatic heterocycles. The lowest BCUT2D eigenvalue weighted by molar-refractivity contribution is 0.600. The summed E-state index contributed by atoms with van der Waals surface area (Å²) in [4.78, 5) is 10.8. The molecule has 0 aliphatic carbocycles. The number of benzene rings is 1. The van der Waals surface area contributed by atoms with E-state index in [4.69, 9.17) is 11.6 Å². The van der Waals surface area contributed by atoms with Crippen molar-refractivity contribution >= 4 is 38.8 Å². The Morgan fingerprint density at radius 1 is 1.24 bits per heavy atom. The van der Waals surface area contributed by atoms with Crippen molar-refractivity contribution in [3.8, 4) is 0 Å². The minimum atomic E-state index is -2.94. The second-order valence-corrected chi connectivity index (χ2v) is 9.08. The molecule has 1 fully saturated rings. The first-order chi connectivity index (χ1) is 11.7. The Morgan fingerprint density at radius 3 is 2.64 bits per heavy atom. The van der Waals surface area contributed by atoms with E-state index in [1.165, 1.54) is 0 Å². The van der Waals surface area contributed by atoms with Gasteiger partial charge in [0.15, 0.2) is 9.84 Å². The van der Waals surface area contributed by atoms with Crippen LogP contribution < -0.4 is 10.2 Å². The van der Waals surface area contributed by atoms with E-state index in [1.807, 2.05) is 50.1 Å². The first kappa shape index (κ1) is 17.9. The standard InChI is InChI=1S/C17H21ClN4O2S/c1-11-8-13(18)4-5-15(11)21-16-9-17(20-12(2)19-16)22(3)14-6-7-25(23,24)10-14/h4-5,8-9,14H,6-7,10H2,1-3H3,(H,19,20,21). The topological polar surface area (TPSA) is 75.2 Å². The van der Waals surface area contributed by atoms with Gasteiger partial charge in [-0.2, -0.15) is 0 Å². The van der Waals surface area contributed by atoms with Crippen molar-refractivity contribution in [1.29, 1.82) is 0 Å². The predicted molar refractivity (Wildman–Crippen MR) is 102 cm³/mol. The largest absolute Gasteiger partial charge is 0.355 e. The molecule has 1 atom stereocenters. The lowest BCUT2D eigenvalue weighted by Gasteiger charge is -2.25. The molecule has 1 N–H and O–H groups in total. The van der Waals surface area contributed by atoms with Crippen LogP contribution in [0.1, 0.15) is 17.8 Å². The average molecular weight is 381 g/mol. The fraction of sp³-hybridized carbons (Fsp3) is 0.412. The van der Waals surface area contributed by atoms with E-state index in [0.29, 0.717) is 28.9 Å². The molecule has 3 rings (SSSR count). The molecule has 0 radical (unpaired) electrons. The van der Waals surface area contributed by atoms with E-state index in [2.05, 4.69) is 15.3 Å². The van der Waals surface area contributed by atoms with Crippen LogP contribution in [0.4, 0.5) is 17.3 Å². The molecular formula is C17H21ClN4O2S. The number of rotatable bonds is 4. The quantitative estimate of drug-likeness (QED) is 0.878. The Kier molecular flexibility index (Phi) is 4.88. The van der Waals surface area contributed by atoms with E-state index in [9.17, 15) is 8.42 Å². The maximum absolute atomic E-state index is 11.7. The van der Waals surface area contributed by atoms with Crippen molar-refractivity contribution in [2.24, 2.45) is 0 Å². The molecule has 1 aliphatic heterocycles. The number of nitrogens with one attached hydrogen (secondary N) is 1. The van der Waals surface area contributed by atoms with Crippen LogP contribution in [0.2, 0.25) is 5.02 Å². The summed E-state index contributed by atoms with van der Waals surface area (Å²) in [5, 5.41) is 3.97. The first-order valence-electron chi connectivity index (χ1n) is 8.05. The second-order valence-electron chi connectivity index (χ2n) is 6.41. The van der Waals surface area contributed by atoms with Gasteiger partial charge in [-0.15, -0.1) is 0 Å². The van der Waals surface area contributed by atoms with E-state index in [0.717, 1.165) is 11.3 Å². The molecule has 25 heavy (non-hydrogen) atoms. The van der Waals surface area contributed by atoms with Gasteiger partial charge in [-0.1, -0.05) is 11.6 Å². The normalized spacial score (nSPS) is 19.0. The summed E-state index contributed by atoms with van der Waals surface area (Å²) in [5.74, 6) is 2.41. The van der Waals surface area contributed by atoms with Gasteiger partial charge in [0.25, 0.3) is 0 Å². The lowest BCUT2D eigenvalue weighted by atomic mass is 10.2. The summed E-state index contributed by atoms with van der Waals surface area (Å²) in [6.07, 6.45) is 0.626. The molecule has 2 aromatic rings. The molecule has 1 aliphatic rings. The number of hydrogen-bond acceptors (Lipinski definition) is 6. The van der Waals surface area contributed by atoms with Crippen LogP contribution in [0.3, 0.4) is 0 Å². The average Bonchev–Trinajstić information content (AvgIpc) is 2.89. The molecule has 1 aromatic carbocycles. The Labute approximate surface area is 153 Å². The van der Waals surface area contributed by atoms with Gasteiger partial charge >= 0.3 is 0 Å². The summed E-state index contributed by atoms with van der Waals surface area (Å²) >= 11 is 6.00. The minimum absolute atomic E-state index is 0.0515. The summed E-state index contributed by atoms with van der Waals surface area (Å²) in [5.41, 5.74) is 1.93. The van der Waals surface area contributed by atoms with Crippen LogP contribution in [0.15, 0.2) is 24.3 Å². The highest BCUT2D eigenvalue weighted by atomic mass is 35.5. The van der Waals surface area contributed by atoms with Gasteiger partial charge in [0.05, 0.1) is 11.5 Å². The number of aromatic nitrogens is 2. The van der Waals surface area contributed by atoms with Crippen LogP contribution in [-0.2, 0) is 9.84 Å². The van der Waals surface area contributed by atoms with E-state index < -0.39 is 9.84 Å². The summed E-state index contributed by atoms with van der Waals surface area (Å²) in [6, 6.07) is 7.40. The zero-order valence-corrected chi connectivity index (χ0v) is 16.0. The van der Waals surface area contributed by atoms with Gasteiger partial charge < -0.3 is 10.2 Å². The van der Waals surface area contributed by atoms with Gasteiger partial charge in [-0.05, 0) is 44.0 Å². The first-order valence-corrected chi connectivity index (χ1v) is 10.3. The molecule has 6 nitrogen and oxygen atoms in total. The molecular weight excluding hydrogens is 360 g/mol. The van der Waals surface area contributed by atoms with Gasteiger partial charge in [0, 0.05) is 29.9 Å². The summed E-state index contributed by atoms with van der Waals surface area (Å²) in [6.45, 7) is 3.79. The number of halogens is 1. The minimum Gasteiger partial charge on any atom is -0.355 e. The molecule has 2 heterocycles. The molecule has 134 valence electrons. The fourth-order valence-corrected chi connectivity index (χ4v) is 4.97. The SMILES string of the molecule is Cc1nc(Nc2ccc(Cl)cc2C)cc(N(C)C2CCS(=O)(=O)C2)n1. The molecule has 0 spiro atoms. The molecule has 0 amide bonds. The summed E-state index contributed by atoms with van der Waals surface area (Å²) < 4.78 is 23.5. The Morgan fingerprint density at radius 2 is 2.00 bits per heavy atom. The van der Waals surface area contributed by atoms with Gasteiger partial charge in [0.1, 0.15) is 17.5 Å². The van der Waals surface area contributed by atoms with E-state index in [1.54, 1.807) is 0 Å². The van der Waals surface area contributed by atoms with Crippen LogP contribution in [0.25, 0.3) is 0 Å².